The number of pyridine rings is 1. The minimum atomic E-state index is -0.119. The quantitative estimate of drug-likeness (QED) is 0.742. The molecule has 20 heavy (non-hydrogen) atoms. The molecule has 0 aliphatic carbocycles. The van der Waals surface area contributed by atoms with Crippen LogP contribution in [0.15, 0.2) is 18.3 Å². The van der Waals surface area contributed by atoms with E-state index in [1.807, 2.05) is 32.9 Å². The fourth-order valence-corrected chi connectivity index (χ4v) is 1.90. The van der Waals surface area contributed by atoms with E-state index in [0.717, 1.165) is 24.4 Å². The Kier molecular flexibility index (Phi) is 6.96. The van der Waals surface area contributed by atoms with Gasteiger partial charge in [-0.2, -0.15) is 0 Å². The van der Waals surface area contributed by atoms with E-state index in [1.165, 1.54) is 0 Å². The van der Waals surface area contributed by atoms with Gasteiger partial charge in [-0.3, -0.25) is 4.98 Å². The fourth-order valence-electron chi connectivity index (χ4n) is 1.90. The van der Waals surface area contributed by atoms with Crippen molar-refractivity contribution in [1.82, 2.24) is 10.3 Å². The highest BCUT2D eigenvalue weighted by molar-refractivity contribution is 5.21. The van der Waals surface area contributed by atoms with Crippen molar-refractivity contribution in [2.75, 3.05) is 19.8 Å². The third-order valence-corrected chi connectivity index (χ3v) is 2.86. The highest BCUT2D eigenvalue weighted by Crippen LogP contribution is 2.17. The fraction of sp³-hybridized carbons (Fsp3) is 0.688. The van der Waals surface area contributed by atoms with Crippen LogP contribution in [-0.2, 0) is 4.74 Å². The second-order valence-electron chi connectivity index (χ2n) is 5.75. The Bertz CT molecular complexity index is 371. The summed E-state index contributed by atoms with van der Waals surface area (Å²) >= 11 is 0. The van der Waals surface area contributed by atoms with Crippen LogP contribution in [0, 0.1) is 0 Å². The van der Waals surface area contributed by atoms with Crippen molar-refractivity contribution in [3.8, 4) is 5.75 Å². The van der Waals surface area contributed by atoms with E-state index in [9.17, 15) is 0 Å². The van der Waals surface area contributed by atoms with Gasteiger partial charge in [0.15, 0.2) is 0 Å². The van der Waals surface area contributed by atoms with Crippen molar-refractivity contribution in [3.05, 3.63) is 24.0 Å². The molecule has 0 aliphatic rings. The lowest BCUT2D eigenvalue weighted by atomic mass is 10.1. The van der Waals surface area contributed by atoms with Crippen LogP contribution in [-0.4, -0.2) is 30.3 Å². The summed E-state index contributed by atoms with van der Waals surface area (Å²) in [6.45, 7) is 12.4. The number of nitrogens with zero attached hydrogens (tertiary/aromatic N) is 1. The van der Waals surface area contributed by atoms with E-state index in [4.69, 9.17) is 9.47 Å². The predicted molar refractivity (Wildman–Crippen MR) is 82.1 cm³/mol. The molecule has 1 N–H and O–H groups in total. The van der Waals surface area contributed by atoms with E-state index in [0.29, 0.717) is 19.3 Å². The van der Waals surface area contributed by atoms with Crippen LogP contribution in [0.25, 0.3) is 0 Å². The third-order valence-electron chi connectivity index (χ3n) is 2.86. The molecule has 0 radical (unpaired) electrons. The molecule has 1 aromatic heterocycles. The molecule has 0 fully saturated rings. The van der Waals surface area contributed by atoms with Crippen LogP contribution >= 0.6 is 0 Å². The van der Waals surface area contributed by atoms with E-state index in [2.05, 4.69) is 24.1 Å². The van der Waals surface area contributed by atoms with Crippen molar-refractivity contribution in [2.45, 2.75) is 52.7 Å². The molecule has 0 spiro atoms. The highest BCUT2D eigenvalue weighted by Gasteiger charge is 2.10. The maximum Gasteiger partial charge on any atom is 0.137 e. The van der Waals surface area contributed by atoms with Crippen LogP contribution in [0.4, 0.5) is 0 Å². The lowest BCUT2D eigenvalue weighted by molar-refractivity contribution is -0.0163. The van der Waals surface area contributed by atoms with Gasteiger partial charge in [0, 0.05) is 6.04 Å². The average Bonchev–Trinajstić information content (AvgIpc) is 2.41. The Hall–Kier alpha value is -1.13. The first-order valence-corrected chi connectivity index (χ1v) is 7.42. The van der Waals surface area contributed by atoms with E-state index < -0.39 is 0 Å². The molecule has 1 atom stereocenters. The summed E-state index contributed by atoms with van der Waals surface area (Å²) < 4.78 is 11.2. The average molecular weight is 280 g/mol. The summed E-state index contributed by atoms with van der Waals surface area (Å²) in [7, 11) is 0. The summed E-state index contributed by atoms with van der Waals surface area (Å²) in [6, 6.07) is 4.31. The molecule has 1 rings (SSSR count). The second-order valence-corrected chi connectivity index (χ2v) is 5.75. The highest BCUT2D eigenvalue weighted by atomic mass is 16.5. The molecule has 0 saturated heterocycles. The summed E-state index contributed by atoms with van der Waals surface area (Å²) in [6.07, 6.45) is 2.81. The maximum atomic E-state index is 5.62. The zero-order chi connectivity index (χ0) is 15.0. The van der Waals surface area contributed by atoms with Gasteiger partial charge in [0.2, 0.25) is 0 Å². The van der Waals surface area contributed by atoms with E-state index >= 15 is 0 Å². The van der Waals surface area contributed by atoms with Crippen molar-refractivity contribution in [1.29, 1.82) is 0 Å². The molecule has 0 aromatic carbocycles. The topological polar surface area (TPSA) is 43.4 Å². The third kappa shape index (κ3) is 6.35. The van der Waals surface area contributed by atoms with Gasteiger partial charge in [0.25, 0.3) is 0 Å². The number of hydrogen-bond donors (Lipinski definition) is 1. The predicted octanol–water partition coefficient (Wildman–Crippen LogP) is 3.34. The van der Waals surface area contributed by atoms with Gasteiger partial charge in [0.05, 0.1) is 24.1 Å². The van der Waals surface area contributed by atoms with E-state index in [-0.39, 0.29) is 5.60 Å². The first kappa shape index (κ1) is 16.9. The van der Waals surface area contributed by atoms with Crippen molar-refractivity contribution in [2.24, 2.45) is 0 Å². The molecular weight excluding hydrogens is 252 g/mol. The van der Waals surface area contributed by atoms with Gasteiger partial charge in [-0.1, -0.05) is 13.8 Å². The molecule has 1 heterocycles. The van der Waals surface area contributed by atoms with Crippen LogP contribution in [0.1, 0.15) is 52.8 Å². The Morgan fingerprint density at radius 1 is 1.20 bits per heavy atom. The number of hydrogen-bond acceptors (Lipinski definition) is 4. The van der Waals surface area contributed by atoms with Gasteiger partial charge in [-0.25, -0.2) is 0 Å². The first-order valence-electron chi connectivity index (χ1n) is 7.42. The molecule has 0 aliphatic heterocycles. The summed E-state index contributed by atoms with van der Waals surface area (Å²) in [5.41, 5.74) is 0.943. The molecule has 0 saturated carbocycles. The monoisotopic (exact) mass is 280 g/mol. The lowest BCUT2D eigenvalue weighted by Crippen LogP contribution is -2.22. The van der Waals surface area contributed by atoms with Crippen molar-refractivity contribution >= 4 is 0 Å². The number of ether oxygens (including phenoxy) is 2. The zero-order valence-electron chi connectivity index (χ0n) is 13.4. The molecular formula is C16H28N2O2. The molecule has 1 aromatic rings. The maximum absolute atomic E-state index is 5.62. The minimum Gasteiger partial charge on any atom is -0.490 e. The molecule has 1 unspecified atom stereocenters. The van der Waals surface area contributed by atoms with Gasteiger partial charge >= 0.3 is 0 Å². The number of rotatable bonds is 8. The molecule has 114 valence electrons. The van der Waals surface area contributed by atoms with Crippen LogP contribution in [0.2, 0.25) is 0 Å². The van der Waals surface area contributed by atoms with Gasteiger partial charge < -0.3 is 14.8 Å². The molecule has 0 amide bonds. The largest absolute Gasteiger partial charge is 0.490 e. The van der Waals surface area contributed by atoms with Gasteiger partial charge in [-0.05, 0) is 45.9 Å². The van der Waals surface area contributed by atoms with Gasteiger partial charge in [0.1, 0.15) is 12.4 Å². The number of aromatic nitrogens is 1. The summed E-state index contributed by atoms with van der Waals surface area (Å²) in [5, 5.41) is 3.41. The second kappa shape index (κ2) is 8.22. The van der Waals surface area contributed by atoms with Crippen LogP contribution in [0.5, 0.6) is 5.75 Å². The Labute approximate surface area is 122 Å². The Balaban J connectivity index is 2.42. The van der Waals surface area contributed by atoms with Crippen LogP contribution < -0.4 is 10.1 Å². The summed E-state index contributed by atoms with van der Waals surface area (Å²) in [4.78, 5) is 4.47. The smallest absolute Gasteiger partial charge is 0.137 e. The van der Waals surface area contributed by atoms with Crippen molar-refractivity contribution in [3.63, 3.8) is 0 Å². The SMILES string of the molecule is CCNC(CC)c1ccc(OCCOC(C)(C)C)cn1. The lowest BCUT2D eigenvalue weighted by Gasteiger charge is -2.19. The standard InChI is InChI=1S/C16H28N2O2/c1-6-14(17-7-2)15-9-8-13(12-18-15)19-10-11-20-16(3,4)5/h8-9,12,14,17H,6-7,10-11H2,1-5H3. The Morgan fingerprint density at radius 3 is 2.45 bits per heavy atom. The minimum absolute atomic E-state index is 0.119. The van der Waals surface area contributed by atoms with E-state index in [1.54, 1.807) is 6.20 Å². The zero-order valence-corrected chi connectivity index (χ0v) is 13.4. The Morgan fingerprint density at radius 2 is 1.95 bits per heavy atom. The van der Waals surface area contributed by atoms with Crippen molar-refractivity contribution < 1.29 is 9.47 Å². The summed E-state index contributed by atoms with van der Waals surface area (Å²) in [5.74, 6) is 0.789. The normalized spacial score (nSPS) is 13.2. The first-order chi connectivity index (χ1) is 9.46. The number of nitrogens with one attached hydrogen (secondary N) is 1. The van der Waals surface area contributed by atoms with Crippen LogP contribution in [0.3, 0.4) is 0 Å². The molecule has 4 heteroatoms. The molecule has 0 bridgehead atoms. The molecule has 4 nitrogen and oxygen atoms in total. The van der Waals surface area contributed by atoms with Gasteiger partial charge in [-0.15, -0.1) is 0 Å².